The molecule has 0 aromatic heterocycles. The molecule has 1 saturated heterocycles. The summed E-state index contributed by atoms with van der Waals surface area (Å²) in [5.74, 6) is 2.06. The molecule has 1 fully saturated rings. The van der Waals surface area contributed by atoms with Crippen molar-refractivity contribution in [3.63, 3.8) is 0 Å². The molecule has 0 saturated carbocycles. The van der Waals surface area contributed by atoms with Gasteiger partial charge in [0.15, 0.2) is 0 Å². The SMILES string of the molecule is O=S(=O)(NC1CCSCC1)c1cccc2ccccc12. The smallest absolute Gasteiger partial charge is 0.208 e. The van der Waals surface area contributed by atoms with Gasteiger partial charge in [-0.2, -0.15) is 11.8 Å². The first-order valence-corrected chi connectivity index (χ1v) is 9.38. The van der Waals surface area contributed by atoms with Gasteiger partial charge in [0.1, 0.15) is 0 Å². The summed E-state index contributed by atoms with van der Waals surface area (Å²) in [6.07, 6.45) is 1.82. The number of hydrogen-bond donors (Lipinski definition) is 1. The van der Waals surface area contributed by atoms with Crippen LogP contribution in [0.2, 0.25) is 0 Å². The molecule has 0 bridgehead atoms. The number of thioether (sulfide) groups is 1. The Balaban J connectivity index is 1.96. The van der Waals surface area contributed by atoms with E-state index >= 15 is 0 Å². The van der Waals surface area contributed by atoms with Crippen molar-refractivity contribution in [1.82, 2.24) is 4.72 Å². The molecular formula is C15H17NO2S2. The maximum atomic E-state index is 12.6. The largest absolute Gasteiger partial charge is 0.241 e. The second-order valence-corrected chi connectivity index (χ2v) is 7.89. The third kappa shape index (κ3) is 2.85. The molecule has 3 rings (SSSR count). The van der Waals surface area contributed by atoms with Crippen LogP contribution in [-0.2, 0) is 10.0 Å². The molecule has 1 aliphatic heterocycles. The van der Waals surface area contributed by atoms with E-state index in [1.54, 1.807) is 12.1 Å². The minimum Gasteiger partial charge on any atom is -0.208 e. The average Bonchev–Trinajstić information content (AvgIpc) is 2.47. The van der Waals surface area contributed by atoms with Gasteiger partial charge in [-0.3, -0.25) is 0 Å². The Morgan fingerprint density at radius 1 is 1.00 bits per heavy atom. The van der Waals surface area contributed by atoms with Crippen LogP contribution in [0.15, 0.2) is 47.4 Å². The first-order valence-electron chi connectivity index (χ1n) is 6.75. The summed E-state index contributed by atoms with van der Waals surface area (Å²) in [6.45, 7) is 0. The van der Waals surface area contributed by atoms with Crippen LogP contribution in [0.4, 0.5) is 0 Å². The predicted octanol–water partition coefficient (Wildman–Crippen LogP) is 3.01. The molecule has 0 atom stereocenters. The van der Waals surface area contributed by atoms with Gasteiger partial charge < -0.3 is 0 Å². The summed E-state index contributed by atoms with van der Waals surface area (Å²) in [5.41, 5.74) is 0. The summed E-state index contributed by atoms with van der Waals surface area (Å²) in [7, 11) is -3.45. The monoisotopic (exact) mass is 307 g/mol. The van der Waals surface area contributed by atoms with Crippen molar-refractivity contribution in [2.75, 3.05) is 11.5 Å². The van der Waals surface area contributed by atoms with Gasteiger partial charge in [-0.25, -0.2) is 13.1 Å². The standard InChI is InChI=1S/C15H17NO2S2/c17-20(18,16-13-8-10-19-11-9-13)15-7-3-5-12-4-1-2-6-14(12)15/h1-7,13,16H,8-11H2. The van der Waals surface area contributed by atoms with E-state index in [1.807, 2.05) is 42.1 Å². The van der Waals surface area contributed by atoms with Crippen molar-refractivity contribution in [1.29, 1.82) is 0 Å². The van der Waals surface area contributed by atoms with E-state index in [0.29, 0.717) is 4.90 Å². The summed E-state index contributed by atoms with van der Waals surface area (Å²) in [4.78, 5) is 0.383. The van der Waals surface area contributed by atoms with Gasteiger partial charge in [-0.1, -0.05) is 36.4 Å². The minimum atomic E-state index is -3.45. The van der Waals surface area contributed by atoms with Crippen LogP contribution in [0.25, 0.3) is 10.8 Å². The number of sulfonamides is 1. The van der Waals surface area contributed by atoms with Crippen molar-refractivity contribution in [2.45, 2.75) is 23.8 Å². The lowest BCUT2D eigenvalue weighted by Gasteiger charge is -2.22. The lowest BCUT2D eigenvalue weighted by molar-refractivity contribution is 0.529. The van der Waals surface area contributed by atoms with Crippen LogP contribution in [0.5, 0.6) is 0 Å². The van der Waals surface area contributed by atoms with Crippen LogP contribution in [0.1, 0.15) is 12.8 Å². The minimum absolute atomic E-state index is 0.0696. The van der Waals surface area contributed by atoms with Crippen LogP contribution in [-0.4, -0.2) is 26.0 Å². The fourth-order valence-electron chi connectivity index (χ4n) is 2.53. The van der Waals surface area contributed by atoms with Crippen molar-refractivity contribution >= 4 is 32.6 Å². The van der Waals surface area contributed by atoms with E-state index in [0.717, 1.165) is 35.1 Å². The van der Waals surface area contributed by atoms with Gasteiger partial charge in [-0.05, 0) is 35.8 Å². The molecule has 2 aromatic rings. The first-order chi connectivity index (χ1) is 9.67. The fourth-order valence-corrected chi connectivity index (χ4v) is 5.17. The zero-order chi connectivity index (χ0) is 14.0. The molecule has 20 heavy (non-hydrogen) atoms. The summed E-state index contributed by atoms with van der Waals surface area (Å²) in [6, 6.07) is 13.1. The van der Waals surface area contributed by atoms with Crippen molar-refractivity contribution in [3.8, 4) is 0 Å². The number of hydrogen-bond acceptors (Lipinski definition) is 3. The summed E-state index contributed by atoms with van der Waals surface area (Å²) < 4.78 is 28.1. The highest BCUT2D eigenvalue weighted by Gasteiger charge is 2.23. The molecule has 5 heteroatoms. The van der Waals surface area contributed by atoms with Gasteiger partial charge in [0.05, 0.1) is 4.90 Å². The van der Waals surface area contributed by atoms with Gasteiger partial charge in [-0.15, -0.1) is 0 Å². The molecule has 1 heterocycles. The Kier molecular flexibility index (Phi) is 4.01. The normalized spacial score (nSPS) is 17.4. The van der Waals surface area contributed by atoms with Crippen LogP contribution >= 0.6 is 11.8 Å². The highest BCUT2D eigenvalue weighted by Crippen LogP contribution is 2.24. The molecular weight excluding hydrogens is 290 g/mol. The highest BCUT2D eigenvalue weighted by molar-refractivity contribution is 7.99. The quantitative estimate of drug-likeness (QED) is 0.948. The Hall–Kier alpha value is -1.04. The first kappa shape index (κ1) is 13.9. The topological polar surface area (TPSA) is 46.2 Å². The van der Waals surface area contributed by atoms with Crippen molar-refractivity contribution in [3.05, 3.63) is 42.5 Å². The third-order valence-electron chi connectivity index (χ3n) is 3.58. The maximum Gasteiger partial charge on any atom is 0.241 e. The van der Waals surface area contributed by atoms with Crippen LogP contribution in [0.3, 0.4) is 0 Å². The molecule has 106 valence electrons. The Labute approximate surface area is 123 Å². The third-order valence-corrected chi connectivity index (χ3v) is 6.21. The maximum absolute atomic E-state index is 12.6. The Morgan fingerprint density at radius 3 is 2.50 bits per heavy atom. The highest BCUT2D eigenvalue weighted by atomic mass is 32.2. The number of fused-ring (bicyclic) bond motifs is 1. The molecule has 2 aromatic carbocycles. The zero-order valence-corrected chi connectivity index (χ0v) is 12.7. The Bertz CT molecular complexity index is 701. The van der Waals surface area contributed by atoms with E-state index in [9.17, 15) is 8.42 Å². The predicted molar refractivity (Wildman–Crippen MR) is 84.6 cm³/mol. The molecule has 0 amide bonds. The lowest BCUT2D eigenvalue weighted by Crippen LogP contribution is -2.37. The van der Waals surface area contributed by atoms with Crippen LogP contribution in [0, 0.1) is 0 Å². The molecule has 0 aliphatic carbocycles. The molecule has 1 aliphatic rings. The van der Waals surface area contributed by atoms with E-state index in [-0.39, 0.29) is 6.04 Å². The second-order valence-electron chi connectivity index (χ2n) is 4.99. The van der Waals surface area contributed by atoms with E-state index < -0.39 is 10.0 Å². The van der Waals surface area contributed by atoms with Crippen molar-refractivity contribution < 1.29 is 8.42 Å². The molecule has 1 N–H and O–H groups in total. The number of benzene rings is 2. The van der Waals surface area contributed by atoms with E-state index in [2.05, 4.69) is 4.72 Å². The molecule has 0 unspecified atom stereocenters. The zero-order valence-electron chi connectivity index (χ0n) is 11.1. The van der Waals surface area contributed by atoms with Crippen molar-refractivity contribution in [2.24, 2.45) is 0 Å². The lowest BCUT2D eigenvalue weighted by atomic mass is 10.1. The van der Waals surface area contributed by atoms with Gasteiger partial charge >= 0.3 is 0 Å². The van der Waals surface area contributed by atoms with E-state index in [1.165, 1.54) is 0 Å². The second kappa shape index (κ2) is 5.76. The van der Waals surface area contributed by atoms with Gasteiger partial charge in [0.25, 0.3) is 0 Å². The van der Waals surface area contributed by atoms with E-state index in [4.69, 9.17) is 0 Å². The number of nitrogens with one attached hydrogen (secondary N) is 1. The average molecular weight is 307 g/mol. The van der Waals surface area contributed by atoms with Gasteiger partial charge in [0, 0.05) is 11.4 Å². The molecule has 0 radical (unpaired) electrons. The number of rotatable bonds is 3. The Morgan fingerprint density at radius 2 is 1.70 bits per heavy atom. The molecule has 3 nitrogen and oxygen atoms in total. The summed E-state index contributed by atoms with van der Waals surface area (Å²) >= 11 is 1.89. The van der Waals surface area contributed by atoms with Gasteiger partial charge in [0.2, 0.25) is 10.0 Å². The van der Waals surface area contributed by atoms with Crippen LogP contribution < -0.4 is 4.72 Å². The summed E-state index contributed by atoms with van der Waals surface area (Å²) in [5, 5.41) is 1.74. The molecule has 0 spiro atoms. The fraction of sp³-hybridized carbons (Fsp3) is 0.333.